The number of allylic oxidation sites excluding steroid dienone is 2. The van der Waals surface area contributed by atoms with Crippen LogP contribution in [0.15, 0.2) is 140 Å². The number of rotatable bonds is 11. The first-order valence-electron chi connectivity index (χ1n) is 14.9. The highest BCUT2D eigenvalue weighted by molar-refractivity contribution is 5.78. The van der Waals surface area contributed by atoms with E-state index < -0.39 is 0 Å². The summed E-state index contributed by atoms with van der Waals surface area (Å²) in [5.41, 5.74) is 10.9. The van der Waals surface area contributed by atoms with Gasteiger partial charge in [-0.1, -0.05) is 146 Å². The molecule has 0 radical (unpaired) electrons. The van der Waals surface area contributed by atoms with Gasteiger partial charge in [-0.25, -0.2) is 0 Å². The van der Waals surface area contributed by atoms with Gasteiger partial charge in [0.1, 0.15) is 0 Å². The van der Waals surface area contributed by atoms with Gasteiger partial charge in [-0.2, -0.15) is 0 Å². The van der Waals surface area contributed by atoms with E-state index in [9.17, 15) is 0 Å². The van der Waals surface area contributed by atoms with Crippen LogP contribution >= 0.6 is 0 Å². The van der Waals surface area contributed by atoms with Gasteiger partial charge in [-0.15, -0.1) is 0 Å². The molecule has 0 heterocycles. The van der Waals surface area contributed by atoms with Gasteiger partial charge >= 0.3 is 0 Å². The van der Waals surface area contributed by atoms with Gasteiger partial charge in [0.05, 0.1) is 0 Å². The molecule has 5 aromatic carbocycles. The average Bonchev–Trinajstić information content (AvgIpc) is 3.04. The van der Waals surface area contributed by atoms with Crippen LogP contribution in [0, 0.1) is 6.92 Å². The fourth-order valence-corrected chi connectivity index (χ4v) is 4.88. The standard InChI is InChI=1S/C41H39N/c1-3-4-10-35-21-27-39(28-22-35)42(41-31-25-38(26-32-41)20-19-37-17-15-33(2)16-18-37)40-29-23-36(24-30-40)14-9-8-13-34-11-6-5-7-12-34/h5-9,11-32H,3-4,10H2,1-2H3/b13-8+,14-9+,20-19+. The Kier molecular flexibility index (Phi) is 10.00. The summed E-state index contributed by atoms with van der Waals surface area (Å²) >= 11 is 0. The van der Waals surface area contributed by atoms with E-state index in [1.165, 1.54) is 46.2 Å². The molecule has 0 saturated heterocycles. The van der Waals surface area contributed by atoms with E-state index in [1.807, 2.05) is 6.07 Å². The van der Waals surface area contributed by atoms with Crippen molar-refractivity contribution in [3.63, 3.8) is 0 Å². The van der Waals surface area contributed by atoms with Gasteiger partial charge in [0.15, 0.2) is 0 Å². The molecule has 5 aromatic rings. The fourth-order valence-electron chi connectivity index (χ4n) is 4.88. The van der Waals surface area contributed by atoms with Crippen molar-refractivity contribution in [2.75, 3.05) is 4.90 Å². The van der Waals surface area contributed by atoms with Gasteiger partial charge in [-0.05, 0) is 84.0 Å². The Morgan fingerprint density at radius 1 is 0.476 bits per heavy atom. The van der Waals surface area contributed by atoms with Crippen molar-refractivity contribution in [3.8, 4) is 0 Å². The monoisotopic (exact) mass is 545 g/mol. The minimum atomic E-state index is 1.12. The van der Waals surface area contributed by atoms with Crippen LogP contribution in [-0.2, 0) is 6.42 Å². The third-order valence-electron chi connectivity index (χ3n) is 7.35. The van der Waals surface area contributed by atoms with Crippen LogP contribution in [0.25, 0.3) is 24.3 Å². The van der Waals surface area contributed by atoms with Crippen LogP contribution in [0.5, 0.6) is 0 Å². The van der Waals surface area contributed by atoms with E-state index in [4.69, 9.17) is 0 Å². The van der Waals surface area contributed by atoms with E-state index in [0.717, 1.165) is 23.5 Å². The Morgan fingerprint density at radius 3 is 1.40 bits per heavy atom. The van der Waals surface area contributed by atoms with E-state index in [0.29, 0.717) is 0 Å². The summed E-state index contributed by atoms with van der Waals surface area (Å²) in [6.45, 7) is 4.36. The maximum atomic E-state index is 2.33. The van der Waals surface area contributed by atoms with Gasteiger partial charge in [0, 0.05) is 17.1 Å². The lowest BCUT2D eigenvalue weighted by Crippen LogP contribution is -2.10. The number of benzene rings is 5. The maximum Gasteiger partial charge on any atom is 0.0462 e. The molecule has 0 aromatic heterocycles. The summed E-state index contributed by atoms with van der Waals surface area (Å²) < 4.78 is 0. The van der Waals surface area contributed by atoms with Crippen LogP contribution in [0.2, 0.25) is 0 Å². The minimum Gasteiger partial charge on any atom is -0.311 e. The lowest BCUT2D eigenvalue weighted by molar-refractivity contribution is 0.795. The molecule has 0 fully saturated rings. The summed E-state index contributed by atoms with van der Waals surface area (Å²) in [6, 6.07) is 45.6. The van der Waals surface area contributed by atoms with E-state index in [1.54, 1.807) is 0 Å². The zero-order chi connectivity index (χ0) is 29.0. The Morgan fingerprint density at radius 2 is 0.905 bits per heavy atom. The van der Waals surface area contributed by atoms with Gasteiger partial charge in [0.25, 0.3) is 0 Å². The molecule has 0 aliphatic carbocycles. The Bertz CT molecular complexity index is 1600. The number of hydrogen-bond acceptors (Lipinski definition) is 1. The van der Waals surface area contributed by atoms with Crippen molar-refractivity contribution in [1.82, 2.24) is 0 Å². The predicted molar refractivity (Wildman–Crippen MR) is 184 cm³/mol. The molecular weight excluding hydrogens is 506 g/mol. The van der Waals surface area contributed by atoms with E-state index >= 15 is 0 Å². The molecule has 0 spiro atoms. The zero-order valence-electron chi connectivity index (χ0n) is 24.7. The van der Waals surface area contributed by atoms with Crippen molar-refractivity contribution in [2.45, 2.75) is 33.1 Å². The third-order valence-corrected chi connectivity index (χ3v) is 7.35. The molecule has 208 valence electrons. The molecule has 0 aliphatic rings. The summed E-state index contributed by atoms with van der Waals surface area (Å²) in [5, 5.41) is 0. The molecule has 0 N–H and O–H groups in total. The summed E-state index contributed by atoms with van der Waals surface area (Å²) in [5.74, 6) is 0. The van der Waals surface area contributed by atoms with Gasteiger partial charge in [-0.3, -0.25) is 0 Å². The molecule has 5 rings (SSSR count). The Labute approximate surface area is 251 Å². The number of anilines is 3. The zero-order valence-corrected chi connectivity index (χ0v) is 24.7. The molecule has 1 nitrogen and oxygen atoms in total. The van der Waals surface area contributed by atoms with E-state index in [-0.39, 0.29) is 0 Å². The van der Waals surface area contributed by atoms with Crippen LogP contribution in [-0.4, -0.2) is 0 Å². The predicted octanol–water partition coefficient (Wildman–Crippen LogP) is 11.7. The van der Waals surface area contributed by atoms with Gasteiger partial charge in [0.2, 0.25) is 0 Å². The quantitative estimate of drug-likeness (QED) is 0.118. The van der Waals surface area contributed by atoms with E-state index in [2.05, 4.69) is 177 Å². The Hall–Kier alpha value is -4.88. The first-order chi connectivity index (χ1) is 20.7. The summed E-state index contributed by atoms with van der Waals surface area (Å²) in [6.07, 6.45) is 16.3. The fraction of sp³-hybridized carbons (Fsp3) is 0.122. The smallest absolute Gasteiger partial charge is 0.0462 e. The van der Waals surface area contributed by atoms with Gasteiger partial charge < -0.3 is 4.90 Å². The van der Waals surface area contributed by atoms with Crippen LogP contribution in [0.1, 0.15) is 53.1 Å². The normalized spacial score (nSPS) is 11.6. The van der Waals surface area contributed by atoms with Crippen molar-refractivity contribution >= 4 is 41.4 Å². The highest BCUT2D eigenvalue weighted by Gasteiger charge is 2.12. The third kappa shape index (κ3) is 8.08. The topological polar surface area (TPSA) is 3.24 Å². The molecule has 42 heavy (non-hydrogen) atoms. The van der Waals surface area contributed by atoms with Crippen LogP contribution in [0.3, 0.4) is 0 Å². The summed E-state index contributed by atoms with van der Waals surface area (Å²) in [4.78, 5) is 2.33. The number of unbranched alkanes of at least 4 members (excludes halogenated alkanes) is 1. The average molecular weight is 546 g/mol. The first kappa shape index (κ1) is 28.6. The van der Waals surface area contributed by atoms with Crippen molar-refractivity contribution < 1.29 is 0 Å². The maximum absolute atomic E-state index is 2.33. The SMILES string of the molecule is CCCCc1ccc(N(c2ccc(/C=C/C=C/c3ccccc3)cc2)c2ccc(/C=C/c3ccc(C)cc3)cc2)cc1. The molecule has 0 atom stereocenters. The largest absolute Gasteiger partial charge is 0.311 e. The molecule has 0 saturated carbocycles. The molecule has 0 amide bonds. The Balaban J connectivity index is 1.37. The molecular formula is C41H39N. The van der Waals surface area contributed by atoms with Crippen molar-refractivity contribution in [1.29, 1.82) is 0 Å². The molecule has 0 bridgehead atoms. The lowest BCUT2D eigenvalue weighted by Gasteiger charge is -2.26. The second-order valence-corrected chi connectivity index (χ2v) is 10.7. The molecule has 1 heteroatoms. The van der Waals surface area contributed by atoms with Crippen LogP contribution < -0.4 is 4.90 Å². The number of hydrogen-bond donors (Lipinski definition) is 0. The second-order valence-electron chi connectivity index (χ2n) is 10.7. The number of aryl methyl sites for hydroxylation is 2. The van der Waals surface area contributed by atoms with Crippen molar-refractivity contribution in [2.24, 2.45) is 0 Å². The summed E-state index contributed by atoms with van der Waals surface area (Å²) in [7, 11) is 0. The van der Waals surface area contributed by atoms with Crippen LogP contribution in [0.4, 0.5) is 17.1 Å². The number of nitrogens with zero attached hydrogens (tertiary/aromatic N) is 1. The minimum absolute atomic E-state index is 1.12. The second kappa shape index (κ2) is 14.7. The highest BCUT2D eigenvalue weighted by atomic mass is 15.1. The molecule has 0 unspecified atom stereocenters. The van der Waals surface area contributed by atoms with Crippen molar-refractivity contribution in [3.05, 3.63) is 173 Å². The highest BCUT2D eigenvalue weighted by Crippen LogP contribution is 2.35. The molecule has 0 aliphatic heterocycles. The lowest BCUT2D eigenvalue weighted by atomic mass is 10.1. The first-order valence-corrected chi connectivity index (χ1v) is 14.9.